The highest BCUT2D eigenvalue weighted by Gasteiger charge is 2.73. The number of aliphatic hydroxyl groups is 1. The molecule has 1 heterocycles. The molecular formula is C12H18O2. The maximum absolute atomic E-state index is 10.00. The normalized spacial score (nSPS) is 64.5. The van der Waals surface area contributed by atoms with Crippen LogP contribution in [0.1, 0.15) is 44.9 Å². The second-order valence-corrected chi connectivity index (χ2v) is 5.99. The molecule has 2 bridgehead atoms. The Morgan fingerprint density at radius 1 is 1.07 bits per heavy atom. The van der Waals surface area contributed by atoms with Crippen LogP contribution >= 0.6 is 0 Å². The Balaban J connectivity index is 1.80. The summed E-state index contributed by atoms with van der Waals surface area (Å²) in [6.45, 7) is 0. The minimum atomic E-state index is -0.159. The Morgan fingerprint density at radius 2 is 1.93 bits per heavy atom. The van der Waals surface area contributed by atoms with Gasteiger partial charge in [-0.1, -0.05) is 12.8 Å². The summed E-state index contributed by atoms with van der Waals surface area (Å²) < 4.78 is 5.97. The van der Waals surface area contributed by atoms with Crippen molar-refractivity contribution in [3.63, 3.8) is 0 Å². The Bertz CT molecular complexity index is 290. The van der Waals surface area contributed by atoms with E-state index in [9.17, 15) is 5.11 Å². The average molecular weight is 194 g/mol. The van der Waals surface area contributed by atoms with E-state index in [1.807, 2.05) is 0 Å². The van der Waals surface area contributed by atoms with Crippen molar-refractivity contribution in [3.8, 4) is 0 Å². The van der Waals surface area contributed by atoms with Gasteiger partial charge in [-0.2, -0.15) is 0 Å². The molecule has 4 aliphatic rings. The van der Waals surface area contributed by atoms with Gasteiger partial charge in [0.05, 0.1) is 18.3 Å². The van der Waals surface area contributed by atoms with E-state index in [1.165, 1.54) is 38.5 Å². The van der Waals surface area contributed by atoms with Crippen LogP contribution < -0.4 is 0 Å². The number of aliphatic hydroxyl groups excluding tert-OH is 1. The molecular weight excluding hydrogens is 176 g/mol. The van der Waals surface area contributed by atoms with Crippen molar-refractivity contribution in [3.05, 3.63) is 0 Å². The van der Waals surface area contributed by atoms with Gasteiger partial charge in [0.1, 0.15) is 0 Å². The minimum Gasteiger partial charge on any atom is -0.390 e. The van der Waals surface area contributed by atoms with E-state index in [4.69, 9.17) is 4.74 Å². The summed E-state index contributed by atoms with van der Waals surface area (Å²) >= 11 is 0. The maximum Gasteiger partial charge on any atom is 0.0844 e. The van der Waals surface area contributed by atoms with Gasteiger partial charge in [-0.25, -0.2) is 0 Å². The smallest absolute Gasteiger partial charge is 0.0844 e. The number of ether oxygens (including phenoxy) is 1. The van der Waals surface area contributed by atoms with E-state index in [0.29, 0.717) is 16.9 Å². The highest BCUT2D eigenvalue weighted by molar-refractivity contribution is 5.22. The molecule has 2 nitrogen and oxygen atoms in total. The molecule has 3 aliphatic carbocycles. The highest BCUT2D eigenvalue weighted by Crippen LogP contribution is 2.75. The van der Waals surface area contributed by atoms with Gasteiger partial charge < -0.3 is 9.84 Å². The Kier molecular flexibility index (Phi) is 1.27. The lowest BCUT2D eigenvalue weighted by molar-refractivity contribution is -0.182. The standard InChI is InChI=1S/C12H18O2/c13-8-5-11-3-1-2-4-12(11)6-9(8)14-10(12)7-11/h8-10,13H,1-7H2/t8-,9+,10+,11+,12+/m1/s1. The second kappa shape index (κ2) is 2.19. The quantitative estimate of drug-likeness (QED) is 0.638. The van der Waals surface area contributed by atoms with E-state index < -0.39 is 0 Å². The zero-order valence-electron chi connectivity index (χ0n) is 8.54. The van der Waals surface area contributed by atoms with Crippen LogP contribution in [-0.2, 0) is 4.74 Å². The Hall–Kier alpha value is -0.0800. The maximum atomic E-state index is 10.00. The summed E-state index contributed by atoms with van der Waals surface area (Å²) in [5, 5.41) is 10.00. The molecule has 4 rings (SSSR count). The molecule has 0 aromatic rings. The number of rotatable bonds is 0. The van der Waals surface area contributed by atoms with E-state index in [1.54, 1.807) is 0 Å². The molecule has 1 N–H and O–H groups in total. The molecule has 0 unspecified atom stereocenters. The first kappa shape index (κ1) is 8.12. The molecule has 1 saturated heterocycles. The summed E-state index contributed by atoms with van der Waals surface area (Å²) in [4.78, 5) is 0. The average Bonchev–Trinajstić information content (AvgIpc) is 2.32. The fraction of sp³-hybridized carbons (Fsp3) is 1.00. The monoisotopic (exact) mass is 194 g/mol. The summed E-state index contributed by atoms with van der Waals surface area (Å²) in [5.74, 6) is 0. The van der Waals surface area contributed by atoms with Gasteiger partial charge in [0.2, 0.25) is 0 Å². The lowest BCUT2D eigenvalue weighted by atomic mass is 9.39. The Morgan fingerprint density at radius 3 is 2.86 bits per heavy atom. The number of hydrogen-bond donors (Lipinski definition) is 1. The zero-order chi connectivity index (χ0) is 9.39. The summed E-state index contributed by atoms with van der Waals surface area (Å²) in [7, 11) is 0. The lowest BCUT2D eigenvalue weighted by Gasteiger charge is -2.65. The first-order valence-corrected chi connectivity index (χ1v) is 6.09. The van der Waals surface area contributed by atoms with Crippen LogP contribution in [0.15, 0.2) is 0 Å². The van der Waals surface area contributed by atoms with Crippen LogP contribution in [0.25, 0.3) is 0 Å². The molecule has 3 saturated carbocycles. The molecule has 0 aromatic carbocycles. The van der Waals surface area contributed by atoms with Crippen molar-refractivity contribution in [1.82, 2.24) is 0 Å². The van der Waals surface area contributed by atoms with Crippen molar-refractivity contribution in [2.24, 2.45) is 10.8 Å². The van der Waals surface area contributed by atoms with Crippen LogP contribution in [0.5, 0.6) is 0 Å². The van der Waals surface area contributed by atoms with Crippen molar-refractivity contribution in [1.29, 1.82) is 0 Å². The molecule has 1 spiro atoms. The summed E-state index contributed by atoms with van der Waals surface area (Å²) in [5.41, 5.74) is 1.03. The summed E-state index contributed by atoms with van der Waals surface area (Å²) in [6, 6.07) is 0. The van der Waals surface area contributed by atoms with Crippen molar-refractivity contribution in [2.75, 3.05) is 0 Å². The third kappa shape index (κ3) is 0.646. The van der Waals surface area contributed by atoms with E-state index >= 15 is 0 Å². The third-order valence-corrected chi connectivity index (χ3v) is 5.71. The van der Waals surface area contributed by atoms with Crippen molar-refractivity contribution < 1.29 is 9.84 Å². The van der Waals surface area contributed by atoms with Gasteiger partial charge >= 0.3 is 0 Å². The topological polar surface area (TPSA) is 29.5 Å². The van der Waals surface area contributed by atoms with E-state index in [0.717, 1.165) is 6.42 Å². The zero-order valence-corrected chi connectivity index (χ0v) is 8.54. The van der Waals surface area contributed by atoms with Crippen LogP contribution in [0.3, 0.4) is 0 Å². The number of fused-ring (bicyclic) bond motifs is 1. The third-order valence-electron chi connectivity index (χ3n) is 5.71. The van der Waals surface area contributed by atoms with E-state index in [-0.39, 0.29) is 12.2 Å². The van der Waals surface area contributed by atoms with Crippen LogP contribution in [0, 0.1) is 10.8 Å². The predicted molar refractivity (Wildman–Crippen MR) is 51.9 cm³/mol. The molecule has 78 valence electrons. The molecule has 2 heteroatoms. The molecule has 0 amide bonds. The van der Waals surface area contributed by atoms with Crippen LogP contribution in [0.4, 0.5) is 0 Å². The van der Waals surface area contributed by atoms with Crippen LogP contribution in [0.2, 0.25) is 0 Å². The first-order valence-electron chi connectivity index (χ1n) is 6.09. The SMILES string of the molecule is O[C@@H]1C[C@]23CCCC[C@@]24C[C@@H]1O[C@H]4C3. The molecule has 14 heavy (non-hydrogen) atoms. The lowest BCUT2D eigenvalue weighted by Crippen LogP contribution is -2.62. The Labute approximate surface area is 84.6 Å². The van der Waals surface area contributed by atoms with Gasteiger partial charge in [0.25, 0.3) is 0 Å². The highest BCUT2D eigenvalue weighted by atomic mass is 16.5. The van der Waals surface area contributed by atoms with E-state index in [2.05, 4.69) is 0 Å². The van der Waals surface area contributed by atoms with Crippen molar-refractivity contribution >= 4 is 0 Å². The molecule has 1 aliphatic heterocycles. The van der Waals surface area contributed by atoms with Crippen LogP contribution in [-0.4, -0.2) is 23.4 Å². The summed E-state index contributed by atoms with van der Waals surface area (Å²) in [6.07, 6.45) is 9.51. The first-order chi connectivity index (χ1) is 6.76. The minimum absolute atomic E-state index is 0.159. The van der Waals surface area contributed by atoms with Gasteiger partial charge in [0.15, 0.2) is 0 Å². The molecule has 4 fully saturated rings. The fourth-order valence-corrected chi connectivity index (χ4v) is 5.04. The molecule has 5 atom stereocenters. The fourth-order valence-electron chi connectivity index (χ4n) is 5.04. The van der Waals surface area contributed by atoms with Gasteiger partial charge in [0, 0.05) is 5.41 Å². The second-order valence-electron chi connectivity index (χ2n) is 5.99. The van der Waals surface area contributed by atoms with Gasteiger partial charge in [-0.3, -0.25) is 0 Å². The largest absolute Gasteiger partial charge is 0.390 e. The number of hydrogen-bond acceptors (Lipinski definition) is 2. The molecule has 0 radical (unpaired) electrons. The molecule has 0 aromatic heterocycles. The van der Waals surface area contributed by atoms with Gasteiger partial charge in [-0.05, 0) is 37.5 Å². The predicted octanol–water partition coefficient (Wildman–Crippen LogP) is 1.86. The van der Waals surface area contributed by atoms with Gasteiger partial charge in [-0.15, -0.1) is 0 Å². The van der Waals surface area contributed by atoms with Crippen molar-refractivity contribution in [2.45, 2.75) is 63.3 Å².